The van der Waals surface area contributed by atoms with Crippen LogP contribution in [0, 0.1) is 0 Å². The Hall–Kier alpha value is 0.610. The van der Waals surface area contributed by atoms with Crippen molar-refractivity contribution in [1.82, 2.24) is 0 Å². The molecule has 0 radical (unpaired) electrons. The van der Waals surface area contributed by atoms with Gasteiger partial charge in [-0.1, -0.05) is 96.2 Å². The Morgan fingerprint density at radius 2 is 0.957 bits per heavy atom. The Kier molecular flexibility index (Phi) is 17.9. The largest absolute Gasteiger partial charge is 0.0876 e. The van der Waals surface area contributed by atoms with Gasteiger partial charge in [-0.25, -0.2) is 0 Å². The summed E-state index contributed by atoms with van der Waals surface area (Å²) >= 11 is 6.78. The van der Waals surface area contributed by atoms with E-state index in [4.69, 9.17) is 0 Å². The van der Waals surface area contributed by atoms with Crippen molar-refractivity contribution < 1.29 is 0 Å². The third-order valence-corrected chi connectivity index (χ3v) is 8.46. The smallest absolute Gasteiger partial charge is 0.0571 e. The van der Waals surface area contributed by atoms with Gasteiger partial charge in [0.15, 0.2) is 0 Å². The lowest BCUT2D eigenvalue weighted by atomic mass is 10.2. The van der Waals surface area contributed by atoms with Crippen molar-refractivity contribution in [2.75, 3.05) is 18.5 Å². The Morgan fingerprint density at radius 3 is 1.17 bits per heavy atom. The molecule has 134 valence electrons. The van der Waals surface area contributed by atoms with Gasteiger partial charge in [0.1, 0.15) is 0 Å². The summed E-state index contributed by atoms with van der Waals surface area (Å²) in [5, 5.41) is 1.88. The highest BCUT2D eigenvalue weighted by atomic mass is 79.9. The second-order valence-electron chi connectivity index (χ2n) is 6.14. The summed E-state index contributed by atoms with van der Waals surface area (Å²) in [6, 6.07) is 8.52. The summed E-state index contributed by atoms with van der Waals surface area (Å²) in [5.41, 5.74) is 2.65. The molecule has 0 aliphatic heterocycles. The maximum absolute atomic E-state index is 3.39. The Labute approximate surface area is 163 Å². The van der Waals surface area contributed by atoms with Crippen LogP contribution in [-0.4, -0.2) is 18.5 Å². The fourth-order valence-electron chi connectivity index (χ4n) is 2.37. The minimum atomic E-state index is 0.0675. The molecule has 0 N–H and O–H groups in total. The van der Waals surface area contributed by atoms with Gasteiger partial charge in [-0.2, -0.15) is 0 Å². The summed E-state index contributed by atoms with van der Waals surface area (Å²) in [6.07, 6.45) is 13.4. The first-order chi connectivity index (χ1) is 11.2. The molecule has 0 atom stereocenters. The standard InChI is InChI=1S/C12H27P.C8H8Br2/c1-4-7-10-13(11-8-5-2)12-9-6-3;9-5-7-1-2-8(6-10)4-3-7/h4-12H2,1-3H3;1-4H,5-6H2/p+1. The van der Waals surface area contributed by atoms with Crippen LogP contribution >= 0.6 is 39.8 Å². The number of unbranched alkanes of at least 4 members (excludes halogenated alkanes) is 3. The molecule has 0 bridgehead atoms. The number of hydrogen-bond acceptors (Lipinski definition) is 0. The molecule has 1 aromatic rings. The van der Waals surface area contributed by atoms with E-state index < -0.39 is 0 Å². The van der Waals surface area contributed by atoms with Crippen molar-refractivity contribution >= 4 is 39.8 Å². The van der Waals surface area contributed by atoms with Gasteiger partial charge in [0, 0.05) is 18.6 Å². The first-order valence-corrected chi connectivity index (χ1v) is 13.6. The molecule has 0 spiro atoms. The van der Waals surface area contributed by atoms with Crippen molar-refractivity contribution in [3.8, 4) is 0 Å². The van der Waals surface area contributed by atoms with Gasteiger partial charge in [-0.15, -0.1) is 0 Å². The van der Waals surface area contributed by atoms with Crippen LogP contribution in [0.5, 0.6) is 0 Å². The first-order valence-electron chi connectivity index (χ1n) is 9.24. The maximum atomic E-state index is 3.39. The minimum absolute atomic E-state index is 0.0675. The Bertz CT molecular complexity index is 309. The van der Waals surface area contributed by atoms with Crippen molar-refractivity contribution in [2.24, 2.45) is 0 Å². The molecule has 1 aromatic carbocycles. The van der Waals surface area contributed by atoms with E-state index in [0.29, 0.717) is 0 Å². The first kappa shape index (κ1) is 23.6. The summed E-state index contributed by atoms with van der Waals surface area (Å²) in [4.78, 5) is 0. The van der Waals surface area contributed by atoms with Gasteiger partial charge in [-0.05, 0) is 30.4 Å². The van der Waals surface area contributed by atoms with Crippen LogP contribution in [0.3, 0.4) is 0 Å². The van der Waals surface area contributed by atoms with E-state index in [9.17, 15) is 0 Å². The molecule has 0 fully saturated rings. The highest BCUT2D eigenvalue weighted by Gasteiger charge is 2.12. The summed E-state index contributed by atoms with van der Waals surface area (Å²) < 4.78 is 0. The fraction of sp³-hybridized carbons (Fsp3) is 0.700. The third-order valence-electron chi connectivity index (χ3n) is 3.98. The summed E-state index contributed by atoms with van der Waals surface area (Å²) in [7, 11) is 0.0675. The molecule has 0 heterocycles. The lowest BCUT2D eigenvalue weighted by Gasteiger charge is -2.09. The monoisotopic (exact) mass is 465 g/mol. The molecule has 0 aromatic heterocycles. The van der Waals surface area contributed by atoms with Gasteiger partial charge in [0.05, 0.1) is 18.5 Å². The van der Waals surface area contributed by atoms with E-state index in [1.165, 1.54) is 49.7 Å². The molecule has 23 heavy (non-hydrogen) atoms. The topological polar surface area (TPSA) is 0 Å². The molecule has 0 saturated heterocycles. The van der Waals surface area contributed by atoms with Crippen LogP contribution in [-0.2, 0) is 10.7 Å². The van der Waals surface area contributed by atoms with Crippen molar-refractivity contribution in [1.29, 1.82) is 0 Å². The molecule has 1 rings (SSSR count). The molecule has 0 nitrogen and oxygen atoms in total. The third kappa shape index (κ3) is 13.6. The Morgan fingerprint density at radius 1 is 0.652 bits per heavy atom. The van der Waals surface area contributed by atoms with E-state index in [2.05, 4.69) is 76.9 Å². The van der Waals surface area contributed by atoms with Crippen molar-refractivity contribution in [3.63, 3.8) is 0 Å². The minimum Gasteiger partial charge on any atom is -0.0876 e. The normalized spacial score (nSPS) is 10.5. The average Bonchev–Trinajstić information content (AvgIpc) is 2.61. The van der Waals surface area contributed by atoms with Gasteiger partial charge in [-0.3, -0.25) is 0 Å². The second-order valence-corrected chi connectivity index (χ2v) is 10.3. The molecule has 0 aliphatic rings. The number of alkyl halides is 2. The predicted molar refractivity (Wildman–Crippen MR) is 119 cm³/mol. The van der Waals surface area contributed by atoms with Gasteiger partial charge in [0.25, 0.3) is 0 Å². The zero-order valence-electron chi connectivity index (χ0n) is 15.3. The molecular weight excluding hydrogens is 431 g/mol. The summed E-state index contributed by atoms with van der Waals surface area (Å²) in [6.45, 7) is 6.96. The number of halogens is 2. The van der Waals surface area contributed by atoms with E-state index in [1.54, 1.807) is 18.5 Å². The average molecular weight is 467 g/mol. The van der Waals surface area contributed by atoms with Gasteiger partial charge < -0.3 is 0 Å². The van der Waals surface area contributed by atoms with Crippen LogP contribution in [0.4, 0.5) is 0 Å². The highest BCUT2D eigenvalue weighted by molar-refractivity contribution is 9.08. The summed E-state index contributed by atoms with van der Waals surface area (Å²) in [5.74, 6) is 0. The van der Waals surface area contributed by atoms with Gasteiger partial charge in [0.2, 0.25) is 0 Å². The molecule has 3 heteroatoms. The SMILES string of the molecule is BrCc1ccc(CBr)cc1.CCCC[PH+](CCCC)CCCC. The predicted octanol–water partition coefficient (Wildman–Crippen LogP) is 8.08. The van der Waals surface area contributed by atoms with Crippen LogP contribution in [0.15, 0.2) is 24.3 Å². The second kappa shape index (κ2) is 17.4. The molecule has 0 saturated carbocycles. The Balaban J connectivity index is 0.000000433. The molecule has 0 aliphatic carbocycles. The fourth-order valence-corrected chi connectivity index (χ4v) is 6.43. The number of rotatable bonds is 11. The zero-order chi connectivity index (χ0) is 17.3. The van der Waals surface area contributed by atoms with Crippen LogP contribution in [0.25, 0.3) is 0 Å². The van der Waals surface area contributed by atoms with Gasteiger partial charge >= 0.3 is 0 Å². The lowest BCUT2D eigenvalue weighted by molar-refractivity contribution is 0.847. The quantitative estimate of drug-likeness (QED) is 0.228. The van der Waals surface area contributed by atoms with E-state index >= 15 is 0 Å². The zero-order valence-corrected chi connectivity index (χ0v) is 19.5. The molecule has 0 amide bonds. The van der Waals surface area contributed by atoms with Crippen LogP contribution in [0.1, 0.15) is 70.4 Å². The van der Waals surface area contributed by atoms with Crippen molar-refractivity contribution in [2.45, 2.75) is 70.0 Å². The highest BCUT2D eigenvalue weighted by Crippen LogP contribution is 2.38. The van der Waals surface area contributed by atoms with E-state index in [1.807, 2.05) is 0 Å². The maximum Gasteiger partial charge on any atom is 0.0571 e. The van der Waals surface area contributed by atoms with E-state index in [-0.39, 0.29) is 7.92 Å². The van der Waals surface area contributed by atoms with Crippen LogP contribution < -0.4 is 0 Å². The van der Waals surface area contributed by atoms with Crippen LogP contribution in [0.2, 0.25) is 0 Å². The van der Waals surface area contributed by atoms with E-state index in [0.717, 1.165) is 10.7 Å². The van der Waals surface area contributed by atoms with Crippen molar-refractivity contribution in [3.05, 3.63) is 35.4 Å². The number of benzene rings is 1. The lowest BCUT2D eigenvalue weighted by Crippen LogP contribution is -1.95. The number of hydrogen-bond donors (Lipinski definition) is 0. The molecular formula is C20H36Br2P+. The molecule has 0 unspecified atom stereocenters.